The van der Waals surface area contributed by atoms with Gasteiger partial charge < -0.3 is 10.0 Å². The van der Waals surface area contributed by atoms with Crippen molar-refractivity contribution in [2.75, 3.05) is 13.1 Å². The molecule has 0 rings (SSSR count). The lowest BCUT2D eigenvalue weighted by Crippen LogP contribution is -2.46. The van der Waals surface area contributed by atoms with Gasteiger partial charge in [0.15, 0.2) is 0 Å². The molecule has 2 atom stereocenters. The molecule has 0 saturated heterocycles. The molecule has 4 nitrogen and oxygen atoms in total. The quantitative estimate of drug-likeness (QED) is 0.744. The average Bonchev–Trinajstić information content (AvgIpc) is 2.22. The van der Waals surface area contributed by atoms with E-state index in [1.807, 2.05) is 6.92 Å². The van der Waals surface area contributed by atoms with Crippen LogP contribution in [0, 0.1) is 17.3 Å². The Hall–Kier alpha value is -1.06. The van der Waals surface area contributed by atoms with Gasteiger partial charge in [0, 0.05) is 13.1 Å². The Morgan fingerprint density at radius 3 is 2.00 bits per heavy atom. The molecule has 0 radical (unpaired) electrons. The molecular weight excluding hydrogens is 230 g/mol. The van der Waals surface area contributed by atoms with E-state index in [0.717, 1.165) is 6.42 Å². The third-order valence-electron chi connectivity index (χ3n) is 3.28. The van der Waals surface area contributed by atoms with E-state index in [1.165, 1.54) is 0 Å². The molecule has 4 heteroatoms. The van der Waals surface area contributed by atoms with E-state index in [0.29, 0.717) is 19.0 Å². The summed E-state index contributed by atoms with van der Waals surface area (Å²) in [5, 5.41) is 9.27. The molecule has 1 N–H and O–H groups in total. The monoisotopic (exact) mass is 257 g/mol. The second-order valence-electron chi connectivity index (χ2n) is 6.03. The van der Waals surface area contributed by atoms with Crippen LogP contribution in [0.15, 0.2) is 0 Å². The second kappa shape index (κ2) is 6.76. The van der Waals surface area contributed by atoms with Crippen LogP contribution in [0.4, 0.5) is 0 Å². The molecule has 0 aliphatic rings. The van der Waals surface area contributed by atoms with Gasteiger partial charge in [-0.25, -0.2) is 0 Å². The predicted molar refractivity (Wildman–Crippen MR) is 72.3 cm³/mol. The fraction of sp³-hybridized carbons (Fsp3) is 0.857. The zero-order valence-electron chi connectivity index (χ0n) is 12.5. The Bertz CT molecular complexity index is 294. The summed E-state index contributed by atoms with van der Waals surface area (Å²) >= 11 is 0. The molecule has 2 unspecified atom stereocenters. The highest BCUT2D eigenvalue weighted by molar-refractivity contribution is 5.97. The first-order valence-corrected chi connectivity index (χ1v) is 6.66. The van der Waals surface area contributed by atoms with Crippen LogP contribution in [-0.4, -0.2) is 35.0 Å². The lowest BCUT2D eigenvalue weighted by molar-refractivity contribution is -0.156. The van der Waals surface area contributed by atoms with Crippen molar-refractivity contribution < 1.29 is 14.7 Å². The SMILES string of the molecule is CCC(C)CN(CC)C(=O)C(C(=O)O)C(C)(C)C. The number of nitrogens with zero attached hydrogens (tertiary/aromatic N) is 1. The molecule has 0 aliphatic carbocycles. The van der Waals surface area contributed by atoms with Crippen molar-refractivity contribution in [1.29, 1.82) is 0 Å². The molecule has 0 bridgehead atoms. The summed E-state index contributed by atoms with van der Waals surface area (Å²) in [5.41, 5.74) is -0.564. The van der Waals surface area contributed by atoms with Crippen molar-refractivity contribution in [3.05, 3.63) is 0 Å². The number of carbonyl (C=O) groups is 2. The van der Waals surface area contributed by atoms with Gasteiger partial charge in [-0.05, 0) is 18.3 Å². The highest BCUT2D eigenvalue weighted by atomic mass is 16.4. The van der Waals surface area contributed by atoms with Gasteiger partial charge in [-0.1, -0.05) is 41.0 Å². The molecule has 0 spiro atoms. The summed E-state index contributed by atoms with van der Waals surface area (Å²) in [5.74, 6) is -1.88. The van der Waals surface area contributed by atoms with Gasteiger partial charge in [-0.3, -0.25) is 9.59 Å². The molecule has 0 fully saturated rings. The number of amides is 1. The third kappa shape index (κ3) is 4.67. The summed E-state index contributed by atoms with van der Waals surface area (Å²) in [6, 6.07) is 0. The molecule has 18 heavy (non-hydrogen) atoms. The van der Waals surface area contributed by atoms with Crippen molar-refractivity contribution in [3.63, 3.8) is 0 Å². The van der Waals surface area contributed by atoms with Crippen LogP contribution in [0.1, 0.15) is 48.0 Å². The van der Waals surface area contributed by atoms with Crippen LogP contribution in [0.5, 0.6) is 0 Å². The number of carboxylic acids is 1. The number of hydrogen-bond acceptors (Lipinski definition) is 2. The number of carboxylic acid groups (broad SMARTS) is 1. The molecule has 0 heterocycles. The first kappa shape index (κ1) is 16.9. The smallest absolute Gasteiger partial charge is 0.316 e. The zero-order chi connectivity index (χ0) is 14.5. The fourth-order valence-electron chi connectivity index (χ4n) is 1.91. The minimum absolute atomic E-state index is 0.266. The van der Waals surface area contributed by atoms with Gasteiger partial charge in [0.05, 0.1) is 0 Å². The highest BCUT2D eigenvalue weighted by Gasteiger charge is 2.39. The molecule has 0 aromatic carbocycles. The summed E-state index contributed by atoms with van der Waals surface area (Å²) in [7, 11) is 0. The maximum atomic E-state index is 12.4. The second-order valence-corrected chi connectivity index (χ2v) is 6.03. The van der Waals surface area contributed by atoms with Crippen molar-refractivity contribution in [2.45, 2.75) is 48.0 Å². The van der Waals surface area contributed by atoms with E-state index in [1.54, 1.807) is 25.7 Å². The lowest BCUT2D eigenvalue weighted by atomic mass is 9.79. The molecule has 0 aromatic rings. The lowest BCUT2D eigenvalue weighted by Gasteiger charge is -2.32. The summed E-state index contributed by atoms with van der Waals surface area (Å²) in [6.45, 7) is 12.6. The van der Waals surface area contributed by atoms with E-state index in [9.17, 15) is 14.7 Å². The van der Waals surface area contributed by atoms with Gasteiger partial charge in [0.1, 0.15) is 5.92 Å². The zero-order valence-corrected chi connectivity index (χ0v) is 12.5. The first-order valence-electron chi connectivity index (χ1n) is 6.66. The molecular formula is C14H27NO3. The molecule has 106 valence electrons. The molecule has 0 saturated carbocycles. The van der Waals surface area contributed by atoms with E-state index in [4.69, 9.17) is 0 Å². The highest BCUT2D eigenvalue weighted by Crippen LogP contribution is 2.28. The minimum Gasteiger partial charge on any atom is -0.481 e. The maximum Gasteiger partial charge on any atom is 0.316 e. The van der Waals surface area contributed by atoms with E-state index in [2.05, 4.69) is 13.8 Å². The normalized spacial score (nSPS) is 15.0. The van der Waals surface area contributed by atoms with Gasteiger partial charge >= 0.3 is 5.97 Å². The number of aliphatic carboxylic acids is 1. The van der Waals surface area contributed by atoms with Gasteiger partial charge in [-0.15, -0.1) is 0 Å². The molecule has 0 aromatic heterocycles. The Balaban J connectivity index is 4.99. The van der Waals surface area contributed by atoms with Gasteiger partial charge in [0.2, 0.25) is 5.91 Å². The predicted octanol–water partition coefficient (Wildman–Crippen LogP) is 2.63. The fourth-order valence-corrected chi connectivity index (χ4v) is 1.91. The van der Waals surface area contributed by atoms with Crippen LogP contribution >= 0.6 is 0 Å². The summed E-state index contributed by atoms with van der Waals surface area (Å²) < 4.78 is 0. The van der Waals surface area contributed by atoms with Crippen molar-refractivity contribution in [2.24, 2.45) is 17.3 Å². The number of hydrogen-bond donors (Lipinski definition) is 1. The van der Waals surface area contributed by atoms with Gasteiger partial charge in [-0.2, -0.15) is 0 Å². The van der Waals surface area contributed by atoms with Crippen molar-refractivity contribution >= 4 is 11.9 Å². The van der Waals surface area contributed by atoms with Crippen LogP contribution in [0.2, 0.25) is 0 Å². The molecule has 0 aliphatic heterocycles. The average molecular weight is 257 g/mol. The Morgan fingerprint density at radius 1 is 1.22 bits per heavy atom. The van der Waals surface area contributed by atoms with Crippen LogP contribution in [-0.2, 0) is 9.59 Å². The number of rotatable bonds is 6. The maximum absolute atomic E-state index is 12.4. The first-order chi connectivity index (χ1) is 8.15. The third-order valence-corrected chi connectivity index (χ3v) is 3.28. The van der Waals surface area contributed by atoms with E-state index >= 15 is 0 Å². The Morgan fingerprint density at radius 2 is 1.72 bits per heavy atom. The Kier molecular flexibility index (Phi) is 6.36. The Labute approximate surface area is 110 Å². The van der Waals surface area contributed by atoms with E-state index in [-0.39, 0.29) is 5.91 Å². The van der Waals surface area contributed by atoms with E-state index < -0.39 is 17.3 Å². The van der Waals surface area contributed by atoms with Crippen LogP contribution < -0.4 is 0 Å². The van der Waals surface area contributed by atoms with Gasteiger partial charge in [0.25, 0.3) is 0 Å². The summed E-state index contributed by atoms with van der Waals surface area (Å²) in [6.07, 6.45) is 0.983. The number of carbonyl (C=O) groups excluding carboxylic acids is 1. The van der Waals surface area contributed by atoms with Crippen molar-refractivity contribution in [1.82, 2.24) is 4.90 Å². The van der Waals surface area contributed by atoms with Crippen LogP contribution in [0.25, 0.3) is 0 Å². The van der Waals surface area contributed by atoms with Crippen LogP contribution in [0.3, 0.4) is 0 Å². The molecule has 1 amide bonds. The topological polar surface area (TPSA) is 57.6 Å². The largest absolute Gasteiger partial charge is 0.481 e. The minimum atomic E-state index is -1.03. The summed E-state index contributed by atoms with van der Waals surface area (Å²) in [4.78, 5) is 25.3. The van der Waals surface area contributed by atoms with Crippen molar-refractivity contribution in [3.8, 4) is 0 Å². The standard InChI is InChI=1S/C14H27NO3/c1-7-10(3)9-15(8-2)12(16)11(13(17)18)14(4,5)6/h10-11H,7-9H2,1-6H3,(H,17,18).